The lowest BCUT2D eigenvalue weighted by atomic mass is 10.4. The molecule has 0 unspecified atom stereocenters. The number of hydrogen-bond donors (Lipinski definition) is 1. The Morgan fingerprint density at radius 3 is 2.89 bits per heavy atom. The molecule has 0 spiro atoms. The molecule has 2 N–H and O–H groups in total. The third-order valence-corrected chi connectivity index (χ3v) is 3.55. The monoisotopic (exact) mass is 383 g/mol. The molecule has 0 saturated carbocycles. The molecule has 3 aromatic heterocycles. The fourth-order valence-electron chi connectivity index (χ4n) is 1.80. The van der Waals surface area contributed by atoms with Crippen molar-refractivity contribution in [2.24, 2.45) is 0 Å². The van der Waals surface area contributed by atoms with Crippen LogP contribution in [0.4, 0.5) is 5.82 Å². The molecule has 19 heavy (non-hydrogen) atoms. The highest BCUT2D eigenvalue weighted by atomic mass is 79.9. The minimum atomic E-state index is 0. The molecule has 0 aliphatic rings. The van der Waals surface area contributed by atoms with E-state index in [0.29, 0.717) is 18.1 Å². The van der Waals surface area contributed by atoms with Crippen molar-refractivity contribution >= 4 is 27.5 Å². The van der Waals surface area contributed by atoms with Gasteiger partial charge in [-0.1, -0.05) is 6.07 Å². The van der Waals surface area contributed by atoms with Crippen LogP contribution in [0.2, 0.25) is 0 Å². The van der Waals surface area contributed by atoms with E-state index in [4.69, 9.17) is 5.73 Å². The summed E-state index contributed by atoms with van der Waals surface area (Å²) in [7, 11) is 0. The predicted octanol–water partition coefficient (Wildman–Crippen LogP) is -1.59. The van der Waals surface area contributed by atoms with Crippen molar-refractivity contribution in [3.05, 3.63) is 53.2 Å². The summed E-state index contributed by atoms with van der Waals surface area (Å²) in [6.45, 7) is 0.608. The highest BCUT2D eigenvalue weighted by molar-refractivity contribution is 9.10. The van der Waals surface area contributed by atoms with Gasteiger partial charge in [-0.3, -0.25) is 10.1 Å². The van der Waals surface area contributed by atoms with Crippen LogP contribution >= 0.6 is 15.9 Å². The zero-order valence-electron chi connectivity index (χ0n) is 9.87. The highest BCUT2D eigenvalue weighted by Gasteiger charge is 2.13. The van der Waals surface area contributed by atoms with E-state index in [1.807, 2.05) is 45.6 Å². The van der Waals surface area contributed by atoms with E-state index in [9.17, 15) is 0 Å². The summed E-state index contributed by atoms with van der Waals surface area (Å²) < 4.78 is 4.74. The summed E-state index contributed by atoms with van der Waals surface area (Å²) in [5, 5.41) is 0. The van der Waals surface area contributed by atoms with E-state index in [1.165, 1.54) is 0 Å². The lowest BCUT2D eigenvalue weighted by molar-refractivity contribution is -0.674. The lowest BCUT2D eigenvalue weighted by Crippen LogP contribution is -3.00. The normalized spacial score (nSPS) is 10.4. The maximum Gasteiger partial charge on any atom is 0.272 e. The molecular weight excluding hydrogens is 374 g/mol. The Bertz CT molecular complexity index is 710. The fraction of sp³-hybridized carbons (Fsp3) is 0.0833. The Hall–Kier alpha value is -1.47. The largest absolute Gasteiger partial charge is 1.00 e. The van der Waals surface area contributed by atoms with Crippen molar-refractivity contribution in [1.29, 1.82) is 0 Å². The number of rotatable bonds is 2. The van der Waals surface area contributed by atoms with E-state index in [0.717, 1.165) is 10.3 Å². The molecule has 5 nitrogen and oxygen atoms in total. The van der Waals surface area contributed by atoms with E-state index < -0.39 is 0 Å². The first kappa shape index (κ1) is 14.0. The smallest absolute Gasteiger partial charge is 0.272 e. The van der Waals surface area contributed by atoms with Crippen molar-refractivity contribution in [1.82, 2.24) is 14.4 Å². The molecule has 0 aliphatic carbocycles. The third-order valence-electron chi connectivity index (χ3n) is 2.71. The maximum absolute atomic E-state index is 5.91. The summed E-state index contributed by atoms with van der Waals surface area (Å²) in [5.74, 6) is 1.38. The Balaban J connectivity index is 0.00000133. The van der Waals surface area contributed by atoms with Crippen molar-refractivity contribution < 1.29 is 21.5 Å². The van der Waals surface area contributed by atoms with Gasteiger partial charge in [-0.25, -0.2) is 14.5 Å². The standard InChI is InChI=1S/C12H10BrN5.BrH/c13-11-9(8-17-6-2-1-4-10(17)14)16-12-15-5-3-7-18(11)12;/h1-7,14H,8H2;1H. The summed E-state index contributed by atoms with van der Waals surface area (Å²) in [6, 6.07) is 7.58. The first-order valence-electron chi connectivity index (χ1n) is 5.47. The molecule has 0 saturated heterocycles. The first-order chi connectivity index (χ1) is 8.75. The molecule has 0 aliphatic heterocycles. The molecule has 0 radical (unpaired) electrons. The second-order valence-electron chi connectivity index (χ2n) is 3.89. The van der Waals surface area contributed by atoms with Gasteiger partial charge >= 0.3 is 0 Å². The van der Waals surface area contributed by atoms with Gasteiger partial charge in [0.25, 0.3) is 5.82 Å². The van der Waals surface area contributed by atoms with E-state index >= 15 is 0 Å². The fourth-order valence-corrected chi connectivity index (χ4v) is 2.29. The third kappa shape index (κ3) is 2.62. The van der Waals surface area contributed by atoms with E-state index in [2.05, 4.69) is 25.9 Å². The van der Waals surface area contributed by atoms with Crippen LogP contribution in [0, 0.1) is 0 Å². The van der Waals surface area contributed by atoms with Crippen molar-refractivity contribution in [3.63, 3.8) is 0 Å². The average molecular weight is 385 g/mol. The van der Waals surface area contributed by atoms with Gasteiger partial charge in [0.2, 0.25) is 5.78 Å². The Labute approximate surface area is 129 Å². The van der Waals surface area contributed by atoms with E-state index in [-0.39, 0.29) is 17.0 Å². The van der Waals surface area contributed by atoms with Crippen LogP contribution in [0.15, 0.2) is 47.5 Å². The van der Waals surface area contributed by atoms with Crippen molar-refractivity contribution in [3.8, 4) is 0 Å². The van der Waals surface area contributed by atoms with Gasteiger partial charge in [-0.15, -0.1) is 0 Å². The number of pyridine rings is 1. The molecular formula is C12H11Br2N5. The number of nitrogen functional groups attached to an aromatic ring is 1. The molecule has 3 aromatic rings. The Morgan fingerprint density at radius 2 is 2.16 bits per heavy atom. The number of fused-ring (bicyclic) bond motifs is 1. The topological polar surface area (TPSA) is 60.1 Å². The minimum absolute atomic E-state index is 0. The van der Waals surface area contributed by atoms with E-state index in [1.54, 1.807) is 6.20 Å². The van der Waals surface area contributed by atoms with Gasteiger partial charge < -0.3 is 17.0 Å². The van der Waals surface area contributed by atoms with Crippen LogP contribution in [0.3, 0.4) is 0 Å². The summed E-state index contributed by atoms with van der Waals surface area (Å²) in [4.78, 5) is 8.69. The highest BCUT2D eigenvalue weighted by Crippen LogP contribution is 2.17. The second-order valence-corrected chi connectivity index (χ2v) is 4.64. The van der Waals surface area contributed by atoms with Gasteiger partial charge in [-0.2, -0.15) is 0 Å². The van der Waals surface area contributed by atoms with Crippen LogP contribution in [-0.2, 0) is 6.54 Å². The zero-order valence-corrected chi connectivity index (χ0v) is 13.0. The summed E-state index contributed by atoms with van der Waals surface area (Å²) in [5.41, 5.74) is 6.81. The molecule has 3 rings (SSSR count). The van der Waals surface area contributed by atoms with Gasteiger partial charge in [0.05, 0.1) is 6.20 Å². The quantitative estimate of drug-likeness (QED) is 0.542. The molecule has 0 bridgehead atoms. The number of halogens is 2. The number of nitrogens with zero attached hydrogens (tertiary/aromatic N) is 4. The number of nitrogens with two attached hydrogens (primary N) is 1. The van der Waals surface area contributed by atoms with Gasteiger partial charge in [0.15, 0.2) is 0 Å². The molecule has 98 valence electrons. The minimum Gasteiger partial charge on any atom is -1.00 e. The lowest BCUT2D eigenvalue weighted by Gasteiger charge is -2.00. The van der Waals surface area contributed by atoms with Crippen LogP contribution in [0.1, 0.15) is 5.69 Å². The summed E-state index contributed by atoms with van der Waals surface area (Å²) in [6.07, 6.45) is 5.57. The molecule has 7 heteroatoms. The number of anilines is 1. The Morgan fingerprint density at radius 1 is 1.32 bits per heavy atom. The van der Waals surface area contributed by atoms with Crippen LogP contribution in [0.25, 0.3) is 5.78 Å². The van der Waals surface area contributed by atoms with Crippen molar-refractivity contribution in [2.45, 2.75) is 6.54 Å². The van der Waals surface area contributed by atoms with Crippen LogP contribution < -0.4 is 27.3 Å². The van der Waals surface area contributed by atoms with Gasteiger partial charge in [0, 0.05) is 18.5 Å². The van der Waals surface area contributed by atoms with Gasteiger partial charge in [-0.05, 0) is 28.1 Å². The molecule has 0 fully saturated rings. The molecule has 0 atom stereocenters. The molecule has 0 amide bonds. The number of imidazole rings is 1. The SMILES string of the molecule is Nc1cccc[n+]1Cc1nc2ncccn2c1Br.[Br-]. The molecule has 0 aromatic carbocycles. The molecule has 3 heterocycles. The van der Waals surface area contributed by atoms with Crippen LogP contribution in [-0.4, -0.2) is 14.4 Å². The Kier molecular flexibility index (Phi) is 4.16. The average Bonchev–Trinajstić information content (AvgIpc) is 2.70. The van der Waals surface area contributed by atoms with Crippen molar-refractivity contribution in [2.75, 3.05) is 5.73 Å². The zero-order chi connectivity index (χ0) is 12.5. The second kappa shape index (κ2) is 5.66. The van der Waals surface area contributed by atoms with Crippen LogP contribution in [0.5, 0.6) is 0 Å². The predicted molar refractivity (Wildman–Crippen MR) is 70.8 cm³/mol. The maximum atomic E-state index is 5.91. The number of aromatic nitrogens is 4. The summed E-state index contributed by atoms with van der Waals surface area (Å²) >= 11 is 3.54. The first-order valence-corrected chi connectivity index (χ1v) is 6.26. The van der Waals surface area contributed by atoms with Gasteiger partial charge in [0.1, 0.15) is 16.8 Å². The number of hydrogen-bond acceptors (Lipinski definition) is 3.